The summed E-state index contributed by atoms with van der Waals surface area (Å²) in [5, 5.41) is 0. The minimum absolute atomic E-state index is 0.517. The molecule has 0 spiro atoms. The Labute approximate surface area is 114 Å². The second kappa shape index (κ2) is 6.81. The Hall–Kier alpha value is -2.00. The van der Waals surface area contributed by atoms with Gasteiger partial charge in [0.25, 0.3) is 0 Å². The summed E-state index contributed by atoms with van der Waals surface area (Å²) in [4.78, 5) is 0. The van der Waals surface area contributed by atoms with Crippen LogP contribution in [-0.4, -0.2) is 6.61 Å². The molecule has 0 aliphatic heterocycles. The molecule has 0 aliphatic rings. The van der Waals surface area contributed by atoms with E-state index in [1.54, 1.807) is 0 Å². The first-order chi connectivity index (χ1) is 9.33. The molecular weight excluding hydrogens is 238 g/mol. The summed E-state index contributed by atoms with van der Waals surface area (Å²) in [7, 11) is 0. The first-order valence-electron chi connectivity index (χ1n) is 6.46. The third kappa shape index (κ3) is 3.73. The zero-order valence-corrected chi connectivity index (χ0v) is 11.1. The molecule has 0 heterocycles. The average Bonchev–Trinajstić information content (AvgIpc) is 2.46. The Morgan fingerprint density at radius 2 is 1.58 bits per heavy atom. The topological polar surface area (TPSA) is 44.5 Å². The molecule has 2 rings (SSSR count). The van der Waals surface area contributed by atoms with Crippen LogP contribution in [0, 0.1) is 0 Å². The van der Waals surface area contributed by atoms with Crippen molar-refractivity contribution in [2.24, 2.45) is 5.73 Å². The smallest absolute Gasteiger partial charge is 0.123 e. The van der Waals surface area contributed by atoms with Crippen molar-refractivity contribution in [1.82, 2.24) is 0 Å². The second-order valence-corrected chi connectivity index (χ2v) is 4.17. The standard InChI is InChI=1S/C16H19NO2/c1-2-18-15-8-5-9-16(10-15)19-12-14-7-4-3-6-13(14)11-17/h3-10H,2,11-12,17H2,1H3. The Bertz CT molecular complexity index is 526. The third-order valence-corrected chi connectivity index (χ3v) is 2.85. The first-order valence-corrected chi connectivity index (χ1v) is 6.46. The van der Waals surface area contributed by atoms with Gasteiger partial charge in [0, 0.05) is 12.6 Å². The third-order valence-electron chi connectivity index (χ3n) is 2.85. The van der Waals surface area contributed by atoms with Gasteiger partial charge < -0.3 is 15.2 Å². The molecule has 3 heteroatoms. The van der Waals surface area contributed by atoms with E-state index in [0.717, 1.165) is 22.6 Å². The Morgan fingerprint density at radius 3 is 2.26 bits per heavy atom. The SMILES string of the molecule is CCOc1cccc(OCc2ccccc2CN)c1. The van der Waals surface area contributed by atoms with Gasteiger partial charge >= 0.3 is 0 Å². The molecule has 2 N–H and O–H groups in total. The molecule has 2 aromatic carbocycles. The van der Waals surface area contributed by atoms with Crippen molar-refractivity contribution in [3.05, 3.63) is 59.7 Å². The van der Waals surface area contributed by atoms with E-state index in [-0.39, 0.29) is 0 Å². The minimum Gasteiger partial charge on any atom is -0.494 e. The molecule has 0 atom stereocenters. The predicted octanol–water partition coefficient (Wildman–Crippen LogP) is 3.12. The molecule has 0 saturated heterocycles. The first kappa shape index (κ1) is 13.4. The van der Waals surface area contributed by atoms with Crippen LogP contribution < -0.4 is 15.2 Å². The fourth-order valence-corrected chi connectivity index (χ4v) is 1.88. The van der Waals surface area contributed by atoms with Crippen molar-refractivity contribution < 1.29 is 9.47 Å². The average molecular weight is 257 g/mol. The molecule has 0 saturated carbocycles. The molecule has 3 nitrogen and oxygen atoms in total. The lowest BCUT2D eigenvalue weighted by Gasteiger charge is -2.11. The highest BCUT2D eigenvalue weighted by molar-refractivity contribution is 5.33. The molecule has 0 bridgehead atoms. The molecule has 0 radical (unpaired) electrons. The molecule has 0 unspecified atom stereocenters. The minimum atomic E-state index is 0.517. The van der Waals surface area contributed by atoms with Gasteiger partial charge in [-0.3, -0.25) is 0 Å². The largest absolute Gasteiger partial charge is 0.494 e. The molecule has 0 aliphatic carbocycles. The van der Waals surface area contributed by atoms with E-state index >= 15 is 0 Å². The van der Waals surface area contributed by atoms with Crippen LogP contribution in [0.25, 0.3) is 0 Å². The normalized spacial score (nSPS) is 10.2. The molecule has 0 fully saturated rings. The second-order valence-electron chi connectivity index (χ2n) is 4.17. The van der Waals surface area contributed by atoms with Gasteiger partial charge in [-0.25, -0.2) is 0 Å². The quantitative estimate of drug-likeness (QED) is 0.864. The lowest BCUT2D eigenvalue weighted by atomic mass is 10.1. The van der Waals surface area contributed by atoms with Gasteiger partial charge in [0.2, 0.25) is 0 Å². The zero-order valence-electron chi connectivity index (χ0n) is 11.1. The van der Waals surface area contributed by atoms with E-state index in [1.165, 1.54) is 0 Å². The van der Waals surface area contributed by atoms with Crippen molar-refractivity contribution >= 4 is 0 Å². The van der Waals surface area contributed by atoms with E-state index in [0.29, 0.717) is 19.8 Å². The summed E-state index contributed by atoms with van der Waals surface area (Å²) in [5.74, 6) is 1.63. The highest BCUT2D eigenvalue weighted by Crippen LogP contribution is 2.21. The van der Waals surface area contributed by atoms with Gasteiger partial charge in [0.15, 0.2) is 0 Å². The summed E-state index contributed by atoms with van der Waals surface area (Å²) < 4.78 is 11.2. The number of benzene rings is 2. The number of hydrogen-bond donors (Lipinski definition) is 1. The van der Waals surface area contributed by atoms with Crippen LogP contribution in [0.5, 0.6) is 11.5 Å². The van der Waals surface area contributed by atoms with Gasteiger partial charge in [0.05, 0.1) is 6.61 Å². The number of ether oxygens (including phenoxy) is 2. The molecule has 19 heavy (non-hydrogen) atoms. The Morgan fingerprint density at radius 1 is 0.895 bits per heavy atom. The van der Waals surface area contributed by atoms with Crippen LogP contribution in [0.3, 0.4) is 0 Å². The fraction of sp³-hybridized carbons (Fsp3) is 0.250. The van der Waals surface area contributed by atoms with Gasteiger partial charge in [-0.2, -0.15) is 0 Å². The zero-order chi connectivity index (χ0) is 13.5. The van der Waals surface area contributed by atoms with E-state index in [2.05, 4.69) is 0 Å². The lowest BCUT2D eigenvalue weighted by Crippen LogP contribution is -2.04. The molecule has 0 aromatic heterocycles. The summed E-state index contributed by atoms with van der Waals surface area (Å²) >= 11 is 0. The molecule has 0 amide bonds. The molecular formula is C16H19NO2. The van der Waals surface area contributed by atoms with Gasteiger partial charge in [-0.05, 0) is 30.2 Å². The number of rotatable bonds is 6. The highest BCUT2D eigenvalue weighted by atomic mass is 16.5. The maximum Gasteiger partial charge on any atom is 0.123 e. The van der Waals surface area contributed by atoms with Gasteiger partial charge in [0.1, 0.15) is 18.1 Å². The van der Waals surface area contributed by atoms with Crippen molar-refractivity contribution in [1.29, 1.82) is 0 Å². The van der Waals surface area contributed by atoms with Crippen molar-refractivity contribution in [2.75, 3.05) is 6.61 Å². The highest BCUT2D eigenvalue weighted by Gasteiger charge is 2.02. The van der Waals surface area contributed by atoms with Crippen molar-refractivity contribution in [3.63, 3.8) is 0 Å². The maximum atomic E-state index is 5.79. The monoisotopic (exact) mass is 257 g/mol. The number of nitrogens with two attached hydrogens (primary N) is 1. The summed E-state index contributed by atoms with van der Waals surface area (Å²) in [5.41, 5.74) is 7.94. The maximum absolute atomic E-state index is 5.79. The van der Waals surface area contributed by atoms with Crippen molar-refractivity contribution in [2.45, 2.75) is 20.1 Å². The van der Waals surface area contributed by atoms with Crippen LogP contribution >= 0.6 is 0 Å². The Kier molecular flexibility index (Phi) is 4.81. The lowest BCUT2D eigenvalue weighted by molar-refractivity contribution is 0.298. The van der Waals surface area contributed by atoms with Crippen LogP contribution in [0.2, 0.25) is 0 Å². The number of hydrogen-bond acceptors (Lipinski definition) is 3. The van der Waals surface area contributed by atoms with Crippen LogP contribution in [-0.2, 0) is 13.2 Å². The van der Waals surface area contributed by atoms with E-state index < -0.39 is 0 Å². The summed E-state index contributed by atoms with van der Waals surface area (Å²) in [6.45, 7) is 3.66. The van der Waals surface area contributed by atoms with Crippen LogP contribution in [0.15, 0.2) is 48.5 Å². The fourth-order valence-electron chi connectivity index (χ4n) is 1.88. The summed E-state index contributed by atoms with van der Waals surface area (Å²) in [6, 6.07) is 15.7. The van der Waals surface area contributed by atoms with Gasteiger partial charge in [-0.1, -0.05) is 30.3 Å². The predicted molar refractivity (Wildman–Crippen MR) is 76.3 cm³/mol. The molecule has 2 aromatic rings. The van der Waals surface area contributed by atoms with Crippen LogP contribution in [0.1, 0.15) is 18.1 Å². The van der Waals surface area contributed by atoms with E-state index in [4.69, 9.17) is 15.2 Å². The molecule has 100 valence electrons. The van der Waals surface area contributed by atoms with Gasteiger partial charge in [-0.15, -0.1) is 0 Å². The Balaban J connectivity index is 2.03. The summed E-state index contributed by atoms with van der Waals surface area (Å²) in [6.07, 6.45) is 0. The van der Waals surface area contributed by atoms with Crippen molar-refractivity contribution in [3.8, 4) is 11.5 Å². The van der Waals surface area contributed by atoms with E-state index in [9.17, 15) is 0 Å². The van der Waals surface area contributed by atoms with Crippen LogP contribution in [0.4, 0.5) is 0 Å². The van der Waals surface area contributed by atoms with E-state index in [1.807, 2.05) is 55.5 Å².